The van der Waals surface area contributed by atoms with E-state index in [4.69, 9.17) is 25.6 Å². The molecule has 1 aromatic carbocycles. The van der Waals surface area contributed by atoms with Crippen LogP contribution >= 0.6 is 11.6 Å². The summed E-state index contributed by atoms with van der Waals surface area (Å²) >= 11 is 5.68. The van der Waals surface area contributed by atoms with Gasteiger partial charge in [-0.25, -0.2) is 0 Å². The second-order valence-corrected chi connectivity index (χ2v) is 5.52. The van der Waals surface area contributed by atoms with E-state index in [1.807, 2.05) is 18.2 Å². The number of hydrogen-bond acceptors (Lipinski definition) is 5. The van der Waals surface area contributed by atoms with Crippen molar-refractivity contribution in [1.82, 2.24) is 10.1 Å². The SMILES string of the molecule is Clc1nc(-c2cc(OC3CC3)cc(OC3CC3)c2)no1. The van der Waals surface area contributed by atoms with E-state index in [1.54, 1.807) is 0 Å². The van der Waals surface area contributed by atoms with E-state index < -0.39 is 0 Å². The van der Waals surface area contributed by atoms with Crippen molar-refractivity contribution in [2.24, 2.45) is 0 Å². The lowest BCUT2D eigenvalue weighted by Gasteiger charge is -2.10. The average molecular weight is 293 g/mol. The van der Waals surface area contributed by atoms with Crippen LogP contribution in [-0.4, -0.2) is 22.3 Å². The second kappa shape index (κ2) is 4.66. The number of benzene rings is 1. The Morgan fingerprint density at radius 3 is 2.05 bits per heavy atom. The summed E-state index contributed by atoms with van der Waals surface area (Å²) in [5.41, 5.74) is 0.787. The molecule has 5 nitrogen and oxygen atoms in total. The zero-order valence-electron chi connectivity index (χ0n) is 10.7. The Kier molecular flexibility index (Phi) is 2.80. The molecule has 2 aliphatic carbocycles. The fourth-order valence-corrected chi connectivity index (χ4v) is 2.03. The van der Waals surface area contributed by atoms with Crippen LogP contribution < -0.4 is 9.47 Å². The topological polar surface area (TPSA) is 57.4 Å². The molecule has 2 aliphatic rings. The van der Waals surface area contributed by atoms with Crippen molar-refractivity contribution in [3.05, 3.63) is 23.5 Å². The van der Waals surface area contributed by atoms with Gasteiger partial charge in [-0.05, 0) is 49.4 Å². The summed E-state index contributed by atoms with van der Waals surface area (Å²) in [7, 11) is 0. The molecule has 2 saturated carbocycles. The van der Waals surface area contributed by atoms with Gasteiger partial charge < -0.3 is 14.0 Å². The number of halogens is 1. The summed E-state index contributed by atoms with van der Waals surface area (Å²) in [5, 5.41) is 3.85. The Balaban J connectivity index is 1.67. The predicted octanol–water partition coefficient (Wildman–Crippen LogP) is 3.47. The van der Waals surface area contributed by atoms with Gasteiger partial charge in [-0.2, -0.15) is 4.98 Å². The molecule has 2 aromatic rings. The minimum absolute atomic E-state index is 0.0261. The molecule has 0 atom stereocenters. The highest BCUT2D eigenvalue weighted by atomic mass is 35.5. The van der Waals surface area contributed by atoms with Crippen LogP contribution in [0.25, 0.3) is 11.4 Å². The molecule has 104 valence electrons. The van der Waals surface area contributed by atoms with E-state index in [9.17, 15) is 0 Å². The van der Waals surface area contributed by atoms with Crippen molar-refractivity contribution in [2.75, 3.05) is 0 Å². The number of rotatable bonds is 5. The molecule has 6 heteroatoms. The Morgan fingerprint density at radius 1 is 1.00 bits per heavy atom. The van der Waals surface area contributed by atoms with E-state index in [-0.39, 0.29) is 5.35 Å². The Morgan fingerprint density at radius 2 is 1.60 bits per heavy atom. The van der Waals surface area contributed by atoms with Crippen molar-refractivity contribution in [3.63, 3.8) is 0 Å². The first-order chi connectivity index (χ1) is 9.76. The van der Waals surface area contributed by atoms with E-state index in [2.05, 4.69) is 10.1 Å². The van der Waals surface area contributed by atoms with Crippen LogP contribution in [0.5, 0.6) is 11.5 Å². The van der Waals surface area contributed by atoms with E-state index in [0.717, 1.165) is 42.7 Å². The molecule has 20 heavy (non-hydrogen) atoms. The summed E-state index contributed by atoms with van der Waals surface area (Å²) in [6.45, 7) is 0. The Labute approximate surface area is 120 Å². The Hall–Kier alpha value is -1.75. The van der Waals surface area contributed by atoms with Gasteiger partial charge in [0.15, 0.2) is 0 Å². The summed E-state index contributed by atoms with van der Waals surface area (Å²) in [6, 6.07) is 5.69. The van der Waals surface area contributed by atoms with Crippen LogP contribution in [0.2, 0.25) is 5.35 Å². The van der Waals surface area contributed by atoms with Gasteiger partial charge in [0.25, 0.3) is 0 Å². The standard InChI is InChI=1S/C14H13ClN2O3/c15-14-16-13(17-20-14)8-5-11(18-9-1-2-9)7-12(6-8)19-10-3-4-10/h5-7,9-10H,1-4H2. The first kappa shape index (κ1) is 12.0. The minimum Gasteiger partial charge on any atom is -0.490 e. The zero-order chi connectivity index (χ0) is 13.5. The molecule has 2 fully saturated rings. The molecule has 0 aliphatic heterocycles. The minimum atomic E-state index is 0.0261. The van der Waals surface area contributed by atoms with Crippen molar-refractivity contribution in [3.8, 4) is 22.9 Å². The number of ether oxygens (including phenoxy) is 2. The summed E-state index contributed by atoms with van der Waals surface area (Å²) in [5.74, 6) is 2.00. The fourth-order valence-electron chi connectivity index (χ4n) is 1.92. The number of hydrogen-bond donors (Lipinski definition) is 0. The van der Waals surface area contributed by atoms with E-state index in [0.29, 0.717) is 18.0 Å². The van der Waals surface area contributed by atoms with Gasteiger partial charge in [0.05, 0.1) is 12.2 Å². The van der Waals surface area contributed by atoms with Gasteiger partial charge in [-0.3, -0.25) is 0 Å². The van der Waals surface area contributed by atoms with Gasteiger partial charge in [0, 0.05) is 11.6 Å². The third-order valence-electron chi connectivity index (χ3n) is 3.19. The van der Waals surface area contributed by atoms with Crippen LogP contribution in [0, 0.1) is 0 Å². The summed E-state index contributed by atoms with van der Waals surface area (Å²) in [6.07, 6.45) is 5.09. The lowest BCUT2D eigenvalue weighted by molar-refractivity contribution is 0.287. The lowest BCUT2D eigenvalue weighted by Crippen LogP contribution is -2.00. The molecule has 1 heterocycles. The molecule has 0 spiro atoms. The maximum Gasteiger partial charge on any atom is 0.320 e. The second-order valence-electron chi connectivity index (χ2n) is 5.20. The lowest BCUT2D eigenvalue weighted by atomic mass is 10.2. The average Bonchev–Trinajstić information content (AvgIpc) is 3.33. The fraction of sp³-hybridized carbons (Fsp3) is 0.429. The number of aromatic nitrogens is 2. The zero-order valence-corrected chi connectivity index (χ0v) is 11.5. The van der Waals surface area contributed by atoms with Gasteiger partial charge in [0.2, 0.25) is 5.82 Å². The number of nitrogens with zero attached hydrogens (tertiary/aromatic N) is 2. The summed E-state index contributed by atoms with van der Waals surface area (Å²) in [4.78, 5) is 4.03. The highest BCUT2D eigenvalue weighted by Crippen LogP contribution is 2.35. The monoisotopic (exact) mass is 292 g/mol. The van der Waals surface area contributed by atoms with Gasteiger partial charge >= 0.3 is 5.35 Å². The highest BCUT2D eigenvalue weighted by Gasteiger charge is 2.26. The molecule has 0 saturated heterocycles. The van der Waals surface area contributed by atoms with Crippen molar-refractivity contribution in [2.45, 2.75) is 37.9 Å². The first-order valence-corrected chi connectivity index (χ1v) is 7.12. The van der Waals surface area contributed by atoms with Crippen LogP contribution in [0.15, 0.2) is 22.7 Å². The van der Waals surface area contributed by atoms with Crippen molar-refractivity contribution < 1.29 is 14.0 Å². The van der Waals surface area contributed by atoms with Crippen LogP contribution in [0.3, 0.4) is 0 Å². The third kappa shape index (κ3) is 2.72. The molecule has 0 radical (unpaired) electrons. The van der Waals surface area contributed by atoms with Crippen LogP contribution in [-0.2, 0) is 0 Å². The van der Waals surface area contributed by atoms with Crippen molar-refractivity contribution >= 4 is 11.6 Å². The molecule has 0 N–H and O–H groups in total. The maximum absolute atomic E-state index is 5.84. The molecule has 1 aromatic heterocycles. The molecular weight excluding hydrogens is 280 g/mol. The molecular formula is C14H13ClN2O3. The smallest absolute Gasteiger partial charge is 0.320 e. The molecule has 4 rings (SSSR count). The Bertz CT molecular complexity index is 603. The summed E-state index contributed by atoms with van der Waals surface area (Å²) < 4.78 is 16.5. The first-order valence-electron chi connectivity index (χ1n) is 6.74. The largest absolute Gasteiger partial charge is 0.490 e. The van der Waals surface area contributed by atoms with Crippen molar-refractivity contribution in [1.29, 1.82) is 0 Å². The maximum atomic E-state index is 5.84. The van der Waals surface area contributed by atoms with Crippen LogP contribution in [0.4, 0.5) is 0 Å². The van der Waals surface area contributed by atoms with E-state index in [1.165, 1.54) is 0 Å². The molecule has 0 bridgehead atoms. The normalized spacial score (nSPS) is 18.1. The van der Waals surface area contributed by atoms with Gasteiger partial charge in [0.1, 0.15) is 11.5 Å². The van der Waals surface area contributed by atoms with Gasteiger partial charge in [-0.1, -0.05) is 5.16 Å². The van der Waals surface area contributed by atoms with Crippen LogP contribution in [0.1, 0.15) is 25.7 Å². The predicted molar refractivity (Wildman–Crippen MR) is 72.0 cm³/mol. The molecule has 0 unspecified atom stereocenters. The van der Waals surface area contributed by atoms with E-state index >= 15 is 0 Å². The quantitative estimate of drug-likeness (QED) is 0.844. The van der Waals surface area contributed by atoms with Gasteiger partial charge in [-0.15, -0.1) is 0 Å². The highest BCUT2D eigenvalue weighted by molar-refractivity contribution is 6.27. The molecule has 0 amide bonds. The third-order valence-corrected chi connectivity index (χ3v) is 3.35.